The molecule has 3 nitrogen and oxygen atoms in total. The zero-order valence-electron chi connectivity index (χ0n) is 10.1. The van der Waals surface area contributed by atoms with Gasteiger partial charge in [0.15, 0.2) is 10.9 Å². The lowest BCUT2D eigenvalue weighted by Crippen LogP contribution is -2.29. The molecule has 3 N–H and O–H groups in total. The van der Waals surface area contributed by atoms with Crippen LogP contribution >= 0.6 is 35.4 Å². The van der Waals surface area contributed by atoms with Crippen molar-refractivity contribution in [2.24, 2.45) is 0 Å². The van der Waals surface area contributed by atoms with Crippen LogP contribution in [-0.2, 0) is 0 Å². The van der Waals surface area contributed by atoms with Crippen LogP contribution in [0.4, 0.5) is 5.69 Å². The Balaban J connectivity index is 2.54. The number of hydrogen-bond acceptors (Lipinski definition) is 2. The predicted octanol–water partition coefficient (Wildman–Crippen LogP) is 4.18. The molecule has 0 radical (unpaired) electrons. The SMILES string of the molecule is CCCCCNC(=S)Nc1cc(Cl)cc(Cl)c1O. The van der Waals surface area contributed by atoms with E-state index in [1.54, 1.807) is 6.07 Å². The molecule has 0 spiro atoms. The van der Waals surface area contributed by atoms with Crippen molar-refractivity contribution in [3.05, 3.63) is 22.2 Å². The van der Waals surface area contributed by atoms with Crippen LogP contribution in [0, 0.1) is 0 Å². The predicted molar refractivity (Wildman–Crippen MR) is 81.9 cm³/mol. The maximum Gasteiger partial charge on any atom is 0.170 e. The molecule has 100 valence electrons. The topological polar surface area (TPSA) is 44.3 Å². The summed E-state index contributed by atoms with van der Waals surface area (Å²) >= 11 is 16.8. The fraction of sp³-hybridized carbons (Fsp3) is 0.417. The zero-order chi connectivity index (χ0) is 13.5. The maximum atomic E-state index is 9.74. The van der Waals surface area contributed by atoms with Gasteiger partial charge in [0, 0.05) is 11.6 Å². The van der Waals surface area contributed by atoms with E-state index in [0.717, 1.165) is 25.8 Å². The molecule has 1 aromatic carbocycles. The number of thiocarbonyl (C=S) groups is 1. The Morgan fingerprint density at radius 1 is 1.33 bits per heavy atom. The van der Waals surface area contributed by atoms with Crippen LogP contribution in [0.5, 0.6) is 5.75 Å². The second-order valence-corrected chi connectivity index (χ2v) is 5.12. The number of anilines is 1. The molecule has 0 aliphatic carbocycles. The third-order valence-electron chi connectivity index (χ3n) is 2.34. The van der Waals surface area contributed by atoms with Gasteiger partial charge in [0.05, 0.1) is 10.7 Å². The van der Waals surface area contributed by atoms with Crippen molar-refractivity contribution in [1.82, 2.24) is 5.32 Å². The Hall–Kier alpha value is -0.710. The van der Waals surface area contributed by atoms with E-state index in [-0.39, 0.29) is 10.8 Å². The van der Waals surface area contributed by atoms with Crippen LogP contribution in [0.15, 0.2) is 12.1 Å². The molecule has 0 saturated carbocycles. The number of phenolic OH excluding ortho intramolecular Hbond substituents is 1. The molecule has 1 rings (SSSR count). The Kier molecular flexibility index (Phi) is 6.54. The standard InChI is InChI=1S/C12H16Cl2N2OS/c1-2-3-4-5-15-12(18)16-10-7-8(13)6-9(14)11(10)17/h6-7,17H,2-5H2,1H3,(H2,15,16,18). The Morgan fingerprint density at radius 3 is 2.72 bits per heavy atom. The first-order valence-electron chi connectivity index (χ1n) is 5.77. The van der Waals surface area contributed by atoms with Gasteiger partial charge in [-0.25, -0.2) is 0 Å². The summed E-state index contributed by atoms with van der Waals surface area (Å²) in [6.07, 6.45) is 3.37. The molecule has 0 bridgehead atoms. The van der Waals surface area contributed by atoms with E-state index in [2.05, 4.69) is 17.6 Å². The molecular weight excluding hydrogens is 291 g/mol. The minimum Gasteiger partial charge on any atom is -0.504 e. The van der Waals surface area contributed by atoms with E-state index in [1.807, 2.05) is 0 Å². The van der Waals surface area contributed by atoms with E-state index < -0.39 is 0 Å². The summed E-state index contributed by atoms with van der Waals surface area (Å²) in [6, 6.07) is 3.05. The largest absolute Gasteiger partial charge is 0.504 e. The average molecular weight is 307 g/mol. The van der Waals surface area contributed by atoms with E-state index in [1.165, 1.54) is 6.07 Å². The molecule has 0 unspecified atom stereocenters. The fourth-order valence-electron chi connectivity index (χ4n) is 1.40. The van der Waals surface area contributed by atoms with Crippen molar-refractivity contribution in [2.75, 3.05) is 11.9 Å². The highest BCUT2D eigenvalue weighted by Crippen LogP contribution is 2.34. The molecule has 0 atom stereocenters. The monoisotopic (exact) mass is 306 g/mol. The van der Waals surface area contributed by atoms with E-state index in [4.69, 9.17) is 35.4 Å². The Labute approximate surface area is 122 Å². The highest BCUT2D eigenvalue weighted by molar-refractivity contribution is 7.80. The van der Waals surface area contributed by atoms with Gasteiger partial charge in [-0.05, 0) is 30.8 Å². The molecule has 0 amide bonds. The van der Waals surface area contributed by atoms with Crippen LogP contribution in [0.1, 0.15) is 26.2 Å². The minimum absolute atomic E-state index is 0.0567. The molecule has 1 aromatic rings. The van der Waals surface area contributed by atoms with Crippen molar-refractivity contribution in [3.63, 3.8) is 0 Å². The number of halogens is 2. The van der Waals surface area contributed by atoms with Gasteiger partial charge in [0.2, 0.25) is 0 Å². The van der Waals surface area contributed by atoms with Crippen molar-refractivity contribution in [1.29, 1.82) is 0 Å². The van der Waals surface area contributed by atoms with Crippen LogP contribution in [0.2, 0.25) is 10.0 Å². The second kappa shape index (κ2) is 7.67. The van der Waals surface area contributed by atoms with Crippen molar-refractivity contribution >= 4 is 46.2 Å². The number of phenols is 1. The normalized spacial score (nSPS) is 10.2. The van der Waals surface area contributed by atoms with Gasteiger partial charge in [0.1, 0.15) is 0 Å². The maximum absolute atomic E-state index is 9.74. The van der Waals surface area contributed by atoms with E-state index in [9.17, 15) is 5.11 Å². The first-order valence-corrected chi connectivity index (χ1v) is 6.94. The molecule has 6 heteroatoms. The van der Waals surface area contributed by atoms with Crippen LogP contribution in [-0.4, -0.2) is 16.8 Å². The molecule has 0 saturated heterocycles. The number of unbranched alkanes of at least 4 members (excludes halogenated alkanes) is 2. The number of benzene rings is 1. The van der Waals surface area contributed by atoms with Gasteiger partial charge in [-0.1, -0.05) is 43.0 Å². The summed E-state index contributed by atoms with van der Waals surface area (Å²) in [5.41, 5.74) is 0.403. The number of hydrogen-bond donors (Lipinski definition) is 3. The lowest BCUT2D eigenvalue weighted by atomic mass is 10.2. The summed E-state index contributed by atoms with van der Waals surface area (Å²) < 4.78 is 0. The Bertz CT molecular complexity index is 427. The average Bonchev–Trinajstić information content (AvgIpc) is 2.31. The van der Waals surface area contributed by atoms with Gasteiger partial charge in [-0.2, -0.15) is 0 Å². The summed E-state index contributed by atoms with van der Waals surface area (Å²) in [5, 5.41) is 16.7. The zero-order valence-corrected chi connectivity index (χ0v) is 12.4. The molecular formula is C12H16Cl2N2OS. The molecule has 0 aromatic heterocycles. The summed E-state index contributed by atoms with van der Waals surface area (Å²) in [4.78, 5) is 0. The van der Waals surface area contributed by atoms with Gasteiger partial charge in [-0.15, -0.1) is 0 Å². The number of nitrogens with one attached hydrogen (secondary N) is 2. The van der Waals surface area contributed by atoms with Crippen LogP contribution in [0.3, 0.4) is 0 Å². The van der Waals surface area contributed by atoms with Gasteiger partial charge in [-0.3, -0.25) is 0 Å². The molecule has 18 heavy (non-hydrogen) atoms. The van der Waals surface area contributed by atoms with E-state index >= 15 is 0 Å². The lowest BCUT2D eigenvalue weighted by Gasteiger charge is -2.12. The van der Waals surface area contributed by atoms with Crippen molar-refractivity contribution < 1.29 is 5.11 Å². The third kappa shape index (κ3) is 4.88. The number of aromatic hydroxyl groups is 1. The summed E-state index contributed by atoms with van der Waals surface area (Å²) in [7, 11) is 0. The smallest absolute Gasteiger partial charge is 0.170 e. The highest BCUT2D eigenvalue weighted by atomic mass is 35.5. The summed E-state index contributed by atoms with van der Waals surface area (Å²) in [6.45, 7) is 2.94. The van der Waals surface area contributed by atoms with Crippen molar-refractivity contribution in [3.8, 4) is 5.75 Å². The van der Waals surface area contributed by atoms with Crippen molar-refractivity contribution in [2.45, 2.75) is 26.2 Å². The Morgan fingerprint density at radius 2 is 2.06 bits per heavy atom. The summed E-state index contributed by atoms with van der Waals surface area (Å²) in [5.74, 6) is -0.0567. The van der Waals surface area contributed by atoms with Crippen LogP contribution < -0.4 is 10.6 Å². The van der Waals surface area contributed by atoms with Gasteiger partial charge in [0.25, 0.3) is 0 Å². The molecule has 0 aliphatic heterocycles. The molecule has 0 aliphatic rings. The second-order valence-electron chi connectivity index (χ2n) is 3.87. The first kappa shape index (κ1) is 15.3. The van der Waals surface area contributed by atoms with Gasteiger partial charge >= 0.3 is 0 Å². The molecule has 0 fully saturated rings. The van der Waals surface area contributed by atoms with E-state index in [0.29, 0.717) is 15.8 Å². The lowest BCUT2D eigenvalue weighted by molar-refractivity contribution is 0.478. The molecule has 0 heterocycles. The fourth-order valence-corrected chi connectivity index (χ4v) is 2.11. The van der Waals surface area contributed by atoms with Gasteiger partial charge < -0.3 is 15.7 Å². The third-order valence-corrected chi connectivity index (χ3v) is 3.09. The highest BCUT2D eigenvalue weighted by Gasteiger charge is 2.08. The van der Waals surface area contributed by atoms with Crippen LogP contribution in [0.25, 0.3) is 0 Å². The quantitative estimate of drug-likeness (QED) is 0.434. The first-order chi connectivity index (χ1) is 8.54. The number of rotatable bonds is 5. The minimum atomic E-state index is -0.0567.